The van der Waals surface area contributed by atoms with Gasteiger partial charge in [0.05, 0.1) is 19.6 Å². The first kappa shape index (κ1) is 17.0. The van der Waals surface area contributed by atoms with Gasteiger partial charge in [0.25, 0.3) is 0 Å². The zero-order chi connectivity index (χ0) is 18.8. The zero-order valence-electron chi connectivity index (χ0n) is 14.6. The van der Waals surface area contributed by atoms with Crippen molar-refractivity contribution >= 4 is 11.9 Å². The third kappa shape index (κ3) is 3.46. The molecule has 2 aromatic carbocycles. The van der Waals surface area contributed by atoms with Gasteiger partial charge in [-0.15, -0.1) is 0 Å². The molecule has 4 rings (SSSR count). The Bertz CT molecular complexity index is 989. The normalized spacial score (nSPS) is 15.8. The number of aromatic nitrogens is 3. The fraction of sp³-hybridized carbons (Fsp3) is 0.211. The van der Waals surface area contributed by atoms with Gasteiger partial charge in [-0.1, -0.05) is 18.2 Å². The minimum atomic E-state index is -0.308. The highest BCUT2D eigenvalue weighted by molar-refractivity contribution is 5.91. The summed E-state index contributed by atoms with van der Waals surface area (Å²) in [6.45, 7) is 0.215. The number of benzene rings is 2. The Hall–Kier alpha value is -3.42. The van der Waals surface area contributed by atoms with Crippen LogP contribution in [0.1, 0.15) is 23.6 Å². The highest BCUT2D eigenvalue weighted by Crippen LogP contribution is 2.35. The molecule has 7 nitrogen and oxygen atoms in total. The number of amides is 1. The van der Waals surface area contributed by atoms with Crippen molar-refractivity contribution in [3.63, 3.8) is 0 Å². The number of rotatable bonds is 5. The Morgan fingerprint density at radius 2 is 2.15 bits per heavy atom. The summed E-state index contributed by atoms with van der Waals surface area (Å²) in [5.41, 5.74) is 1.57. The maximum atomic E-state index is 13.3. The fourth-order valence-corrected chi connectivity index (χ4v) is 3.06. The van der Waals surface area contributed by atoms with Gasteiger partial charge in [-0.3, -0.25) is 10.1 Å². The molecular formula is C19H17FN4O3. The van der Waals surface area contributed by atoms with E-state index in [0.29, 0.717) is 17.4 Å². The molecule has 1 aliphatic rings. The number of ether oxygens (including phenoxy) is 2. The van der Waals surface area contributed by atoms with Gasteiger partial charge in [0.2, 0.25) is 11.9 Å². The SMILES string of the molecule is COc1cc([C@H]2CC(=O)Nc3ncnn32)ccc1OCc1cccc(F)c1. The summed E-state index contributed by atoms with van der Waals surface area (Å²) in [6.07, 6.45) is 1.66. The van der Waals surface area contributed by atoms with E-state index in [1.165, 1.54) is 18.5 Å². The smallest absolute Gasteiger partial charge is 0.229 e. The van der Waals surface area contributed by atoms with Crippen LogP contribution >= 0.6 is 0 Å². The fourth-order valence-electron chi connectivity index (χ4n) is 3.06. The Kier molecular flexibility index (Phi) is 4.45. The van der Waals surface area contributed by atoms with Crippen molar-refractivity contribution < 1.29 is 18.7 Å². The monoisotopic (exact) mass is 368 g/mol. The largest absolute Gasteiger partial charge is 0.493 e. The first-order valence-corrected chi connectivity index (χ1v) is 8.38. The molecule has 0 bridgehead atoms. The molecule has 3 aromatic rings. The van der Waals surface area contributed by atoms with E-state index in [1.807, 2.05) is 12.1 Å². The number of hydrogen-bond donors (Lipinski definition) is 1. The number of halogens is 1. The average molecular weight is 368 g/mol. The summed E-state index contributed by atoms with van der Waals surface area (Å²) in [4.78, 5) is 16.0. The van der Waals surface area contributed by atoms with Crippen molar-refractivity contribution in [2.45, 2.75) is 19.1 Å². The standard InChI is InChI=1S/C19H17FN4O3/c1-26-17-8-13(15-9-18(25)23-19-21-11-22-24(15)19)5-6-16(17)27-10-12-3-2-4-14(20)7-12/h2-8,11,15H,9-10H2,1H3,(H,21,22,23,25)/t15-/m1/s1. The number of nitrogens with one attached hydrogen (secondary N) is 1. The number of nitrogens with zero attached hydrogens (tertiary/aromatic N) is 3. The molecule has 1 N–H and O–H groups in total. The first-order chi connectivity index (χ1) is 13.1. The van der Waals surface area contributed by atoms with E-state index in [4.69, 9.17) is 9.47 Å². The van der Waals surface area contributed by atoms with Crippen LogP contribution in [0.25, 0.3) is 0 Å². The van der Waals surface area contributed by atoms with Gasteiger partial charge < -0.3 is 9.47 Å². The minimum absolute atomic E-state index is 0.120. The van der Waals surface area contributed by atoms with Crippen LogP contribution in [0.3, 0.4) is 0 Å². The topological polar surface area (TPSA) is 78.3 Å². The van der Waals surface area contributed by atoms with E-state index >= 15 is 0 Å². The van der Waals surface area contributed by atoms with Crippen molar-refractivity contribution in [2.75, 3.05) is 12.4 Å². The van der Waals surface area contributed by atoms with Gasteiger partial charge in [-0.2, -0.15) is 10.1 Å². The third-order valence-corrected chi connectivity index (χ3v) is 4.35. The average Bonchev–Trinajstić information content (AvgIpc) is 3.14. The molecule has 8 heteroatoms. The van der Waals surface area contributed by atoms with E-state index < -0.39 is 0 Å². The predicted molar refractivity (Wildman–Crippen MR) is 95.1 cm³/mol. The van der Waals surface area contributed by atoms with Gasteiger partial charge in [0.15, 0.2) is 11.5 Å². The van der Waals surface area contributed by atoms with E-state index in [9.17, 15) is 9.18 Å². The quantitative estimate of drug-likeness (QED) is 0.749. The van der Waals surface area contributed by atoms with E-state index in [-0.39, 0.29) is 30.8 Å². The highest BCUT2D eigenvalue weighted by Gasteiger charge is 2.28. The van der Waals surface area contributed by atoms with Gasteiger partial charge in [-0.25, -0.2) is 9.07 Å². The van der Waals surface area contributed by atoms with Crippen LogP contribution in [0.4, 0.5) is 10.3 Å². The Morgan fingerprint density at radius 1 is 1.26 bits per heavy atom. The number of fused-ring (bicyclic) bond motifs is 1. The second kappa shape index (κ2) is 7.06. The Balaban J connectivity index is 1.58. The number of anilines is 1. The summed E-state index contributed by atoms with van der Waals surface area (Å²) in [5.74, 6) is 1.05. The summed E-state index contributed by atoms with van der Waals surface area (Å²) in [5, 5.41) is 6.88. The molecule has 0 fully saturated rings. The molecule has 1 amide bonds. The zero-order valence-corrected chi connectivity index (χ0v) is 14.6. The molecule has 27 heavy (non-hydrogen) atoms. The number of hydrogen-bond acceptors (Lipinski definition) is 5. The second-order valence-electron chi connectivity index (χ2n) is 6.13. The van der Waals surface area contributed by atoms with Crippen molar-refractivity contribution in [3.8, 4) is 11.5 Å². The van der Waals surface area contributed by atoms with E-state index in [0.717, 1.165) is 11.1 Å². The maximum Gasteiger partial charge on any atom is 0.229 e. The lowest BCUT2D eigenvalue weighted by Gasteiger charge is -2.24. The lowest BCUT2D eigenvalue weighted by molar-refractivity contribution is -0.117. The van der Waals surface area contributed by atoms with Crippen LogP contribution in [0, 0.1) is 5.82 Å². The molecule has 1 aromatic heterocycles. The molecule has 0 aliphatic carbocycles. The van der Waals surface area contributed by atoms with Crippen LogP contribution < -0.4 is 14.8 Å². The lowest BCUT2D eigenvalue weighted by atomic mass is 10.0. The Morgan fingerprint density at radius 3 is 2.96 bits per heavy atom. The van der Waals surface area contributed by atoms with Crippen molar-refractivity contribution in [2.24, 2.45) is 0 Å². The predicted octanol–water partition coefficient (Wildman–Crippen LogP) is 2.94. The third-order valence-electron chi connectivity index (χ3n) is 4.35. The molecule has 0 spiro atoms. The van der Waals surface area contributed by atoms with E-state index in [1.54, 1.807) is 30.0 Å². The van der Waals surface area contributed by atoms with E-state index in [2.05, 4.69) is 15.4 Å². The van der Waals surface area contributed by atoms with Crippen molar-refractivity contribution in [1.82, 2.24) is 14.8 Å². The molecule has 1 atom stereocenters. The molecule has 0 saturated heterocycles. The summed E-state index contributed by atoms with van der Waals surface area (Å²) >= 11 is 0. The van der Waals surface area contributed by atoms with Crippen LogP contribution in [-0.4, -0.2) is 27.8 Å². The summed E-state index contributed by atoms with van der Waals surface area (Å²) in [7, 11) is 1.54. The number of carbonyl (C=O) groups excluding carboxylic acids is 1. The van der Waals surface area contributed by atoms with Gasteiger partial charge in [-0.05, 0) is 35.4 Å². The highest BCUT2D eigenvalue weighted by atomic mass is 19.1. The number of methoxy groups -OCH3 is 1. The molecule has 2 heterocycles. The summed E-state index contributed by atoms with van der Waals surface area (Å²) < 4.78 is 26.2. The first-order valence-electron chi connectivity index (χ1n) is 8.38. The minimum Gasteiger partial charge on any atom is -0.493 e. The van der Waals surface area contributed by atoms with Gasteiger partial charge in [0.1, 0.15) is 18.8 Å². The van der Waals surface area contributed by atoms with Crippen LogP contribution in [0.15, 0.2) is 48.8 Å². The Labute approximate surface area is 154 Å². The molecule has 0 unspecified atom stereocenters. The van der Waals surface area contributed by atoms with Crippen LogP contribution in [0.5, 0.6) is 11.5 Å². The van der Waals surface area contributed by atoms with Crippen LogP contribution in [0.2, 0.25) is 0 Å². The van der Waals surface area contributed by atoms with Gasteiger partial charge >= 0.3 is 0 Å². The molecule has 138 valence electrons. The van der Waals surface area contributed by atoms with Crippen molar-refractivity contribution in [1.29, 1.82) is 0 Å². The maximum absolute atomic E-state index is 13.3. The molecule has 1 aliphatic heterocycles. The molecular weight excluding hydrogens is 351 g/mol. The second-order valence-corrected chi connectivity index (χ2v) is 6.13. The molecule has 0 saturated carbocycles. The van der Waals surface area contributed by atoms with Crippen molar-refractivity contribution in [3.05, 3.63) is 65.7 Å². The van der Waals surface area contributed by atoms with Crippen LogP contribution in [-0.2, 0) is 11.4 Å². The van der Waals surface area contributed by atoms with Gasteiger partial charge in [0, 0.05) is 0 Å². The molecule has 0 radical (unpaired) electrons. The summed E-state index contributed by atoms with van der Waals surface area (Å²) in [6, 6.07) is 11.4. The number of carbonyl (C=O) groups is 1. The lowest BCUT2D eigenvalue weighted by Crippen LogP contribution is -2.29.